The van der Waals surface area contributed by atoms with Gasteiger partial charge in [0, 0.05) is 23.1 Å². The molecule has 0 bridgehead atoms. The van der Waals surface area contributed by atoms with Crippen LogP contribution in [0.25, 0.3) is 0 Å². The van der Waals surface area contributed by atoms with Gasteiger partial charge in [-0.05, 0) is 103 Å². The Hall–Kier alpha value is -4.32. The lowest BCUT2D eigenvalue weighted by atomic mass is 10.0. The Bertz CT molecular complexity index is 1420. The van der Waals surface area contributed by atoms with Crippen molar-refractivity contribution >= 4 is 23.0 Å². The van der Waals surface area contributed by atoms with Gasteiger partial charge < -0.3 is 9.64 Å². The van der Waals surface area contributed by atoms with E-state index in [9.17, 15) is 18.0 Å². The molecule has 0 saturated carbocycles. The molecule has 0 aliphatic heterocycles. The molecule has 0 unspecified atom stereocenters. The van der Waals surface area contributed by atoms with E-state index in [1.807, 2.05) is 24.3 Å². The normalized spacial score (nSPS) is 11.2. The molecular weight excluding hydrogens is 499 g/mol. The molecule has 39 heavy (non-hydrogen) atoms. The van der Waals surface area contributed by atoms with Gasteiger partial charge in [0.05, 0.1) is 5.56 Å². The number of nitrogens with zero attached hydrogens (tertiary/aromatic N) is 1. The van der Waals surface area contributed by atoms with Crippen molar-refractivity contribution in [1.82, 2.24) is 0 Å². The summed E-state index contributed by atoms with van der Waals surface area (Å²) in [5.74, 6) is -0.464. The molecule has 3 nitrogen and oxygen atoms in total. The molecule has 0 aromatic heterocycles. The Morgan fingerprint density at radius 1 is 0.744 bits per heavy atom. The topological polar surface area (TPSA) is 29.5 Å². The fourth-order valence-electron chi connectivity index (χ4n) is 4.23. The molecule has 0 N–H and O–H groups in total. The highest BCUT2D eigenvalue weighted by atomic mass is 19.4. The van der Waals surface area contributed by atoms with Crippen LogP contribution < -0.4 is 4.90 Å². The van der Waals surface area contributed by atoms with Crippen LogP contribution in [0.15, 0.2) is 104 Å². The second-order valence-electron chi connectivity index (χ2n) is 9.44. The lowest BCUT2D eigenvalue weighted by Gasteiger charge is -2.26. The van der Waals surface area contributed by atoms with E-state index < -0.39 is 17.7 Å². The van der Waals surface area contributed by atoms with Crippen LogP contribution in [0.5, 0.6) is 0 Å². The quantitative estimate of drug-likeness (QED) is 0.160. The van der Waals surface area contributed by atoms with Crippen molar-refractivity contribution in [2.75, 3.05) is 4.90 Å². The number of hydrogen-bond donors (Lipinski definition) is 0. The van der Waals surface area contributed by atoms with E-state index in [1.165, 1.54) is 11.1 Å². The molecule has 4 aromatic carbocycles. The van der Waals surface area contributed by atoms with Crippen molar-refractivity contribution < 1.29 is 22.7 Å². The highest BCUT2D eigenvalue weighted by Gasteiger charge is 2.29. The van der Waals surface area contributed by atoms with E-state index in [4.69, 9.17) is 4.74 Å². The number of anilines is 3. The average molecular weight is 530 g/mol. The van der Waals surface area contributed by atoms with Crippen LogP contribution in [0, 0.1) is 13.8 Å². The maximum Gasteiger partial charge on any atom is 0.416 e. The number of carbonyl (C=O) groups excluding carboxylic acids is 1. The van der Waals surface area contributed by atoms with E-state index >= 15 is 0 Å². The maximum atomic E-state index is 12.8. The number of ether oxygens (including phenoxy) is 1. The van der Waals surface area contributed by atoms with Gasteiger partial charge in [0.1, 0.15) is 6.61 Å². The number of hydrogen-bond acceptors (Lipinski definition) is 3. The summed E-state index contributed by atoms with van der Waals surface area (Å²) < 4.78 is 43.6. The Morgan fingerprint density at radius 2 is 1.23 bits per heavy atom. The van der Waals surface area contributed by atoms with E-state index in [-0.39, 0.29) is 6.61 Å². The smallest absolute Gasteiger partial charge is 0.416 e. The maximum absolute atomic E-state index is 12.8. The second-order valence-corrected chi connectivity index (χ2v) is 9.44. The third-order valence-corrected chi connectivity index (χ3v) is 6.67. The first-order valence-corrected chi connectivity index (χ1v) is 12.6. The summed E-state index contributed by atoms with van der Waals surface area (Å²) in [5, 5.41) is 0. The van der Waals surface area contributed by atoms with Crippen LogP contribution in [0.1, 0.15) is 33.4 Å². The first-order chi connectivity index (χ1) is 18.6. The van der Waals surface area contributed by atoms with Gasteiger partial charge in [-0.25, -0.2) is 4.79 Å². The highest BCUT2D eigenvalue weighted by molar-refractivity contribution is 5.81. The third kappa shape index (κ3) is 7.17. The molecule has 0 aliphatic rings. The molecule has 4 aromatic rings. The number of carbonyl (C=O) groups is 1. The Morgan fingerprint density at radius 3 is 1.72 bits per heavy atom. The molecule has 0 spiro atoms. The summed E-state index contributed by atoms with van der Waals surface area (Å²) in [6.07, 6.45) is -1.82. The largest absolute Gasteiger partial charge is 0.458 e. The number of alkyl halides is 3. The molecule has 0 atom stereocenters. The summed E-state index contributed by atoms with van der Waals surface area (Å²) in [4.78, 5) is 13.6. The van der Waals surface area contributed by atoms with Gasteiger partial charge in [-0.3, -0.25) is 0 Å². The van der Waals surface area contributed by atoms with Gasteiger partial charge in [0.2, 0.25) is 0 Å². The molecule has 0 radical (unpaired) electrons. The van der Waals surface area contributed by atoms with Crippen LogP contribution in [-0.2, 0) is 35.2 Å². The minimum Gasteiger partial charge on any atom is -0.458 e. The molecule has 0 heterocycles. The van der Waals surface area contributed by atoms with E-state index in [0.717, 1.165) is 52.0 Å². The minimum atomic E-state index is -4.32. The minimum absolute atomic E-state index is 0.169. The van der Waals surface area contributed by atoms with Gasteiger partial charge in [0.15, 0.2) is 0 Å². The number of aryl methyl sites for hydroxylation is 4. The zero-order valence-electron chi connectivity index (χ0n) is 22.0. The van der Waals surface area contributed by atoms with Crippen molar-refractivity contribution in [3.63, 3.8) is 0 Å². The van der Waals surface area contributed by atoms with Crippen LogP contribution in [0.2, 0.25) is 0 Å². The molecule has 0 fully saturated rings. The van der Waals surface area contributed by atoms with Crippen molar-refractivity contribution in [3.8, 4) is 0 Å². The zero-order chi connectivity index (χ0) is 28.0. The Balaban J connectivity index is 1.54. The first kappa shape index (κ1) is 27.7. The average Bonchev–Trinajstić information content (AvgIpc) is 2.93. The number of benzene rings is 4. The van der Waals surface area contributed by atoms with E-state index in [1.54, 1.807) is 12.1 Å². The number of rotatable bonds is 9. The van der Waals surface area contributed by atoms with Crippen molar-refractivity contribution in [1.29, 1.82) is 0 Å². The number of halogens is 3. The number of esters is 1. The molecule has 0 saturated heterocycles. The van der Waals surface area contributed by atoms with Gasteiger partial charge in [-0.15, -0.1) is 0 Å². The fourth-order valence-corrected chi connectivity index (χ4v) is 4.23. The van der Waals surface area contributed by atoms with Gasteiger partial charge in [-0.2, -0.15) is 13.2 Å². The summed E-state index contributed by atoms with van der Waals surface area (Å²) >= 11 is 0. The summed E-state index contributed by atoms with van der Waals surface area (Å²) in [6, 6.07) is 27.7. The van der Waals surface area contributed by atoms with Crippen molar-refractivity contribution in [3.05, 3.63) is 137 Å². The highest BCUT2D eigenvalue weighted by Crippen LogP contribution is 2.36. The predicted molar refractivity (Wildman–Crippen MR) is 149 cm³/mol. The van der Waals surface area contributed by atoms with Crippen LogP contribution >= 0.6 is 0 Å². The Kier molecular flexibility index (Phi) is 8.55. The van der Waals surface area contributed by atoms with Crippen LogP contribution in [-0.4, -0.2) is 5.97 Å². The third-order valence-electron chi connectivity index (χ3n) is 6.67. The second kappa shape index (κ2) is 12.0. The standard InChI is InChI=1S/C33H30F3NO2/c1-4-32(38)39-22-27-12-19-30(20-13-27)37(31-16-5-23(2)24(3)21-31)29-17-10-26(11-18-29)7-6-25-8-14-28(15-9-25)33(34,35)36/h4-5,8-21H,1,6-7,22H2,2-3H3. The van der Waals surface area contributed by atoms with E-state index in [0.29, 0.717) is 12.8 Å². The summed E-state index contributed by atoms with van der Waals surface area (Å²) in [7, 11) is 0. The summed E-state index contributed by atoms with van der Waals surface area (Å²) in [5.41, 5.74) is 7.52. The molecule has 4 rings (SSSR count). The van der Waals surface area contributed by atoms with Crippen molar-refractivity contribution in [2.24, 2.45) is 0 Å². The van der Waals surface area contributed by atoms with Crippen LogP contribution in [0.3, 0.4) is 0 Å². The predicted octanol–water partition coefficient (Wildman–Crippen LogP) is 8.81. The van der Waals surface area contributed by atoms with Crippen molar-refractivity contribution in [2.45, 2.75) is 39.5 Å². The first-order valence-electron chi connectivity index (χ1n) is 12.6. The van der Waals surface area contributed by atoms with Gasteiger partial charge >= 0.3 is 12.1 Å². The van der Waals surface area contributed by atoms with E-state index in [2.05, 4.69) is 67.8 Å². The Labute approximate surface area is 227 Å². The SMILES string of the molecule is C=CC(=O)OCc1ccc(N(c2ccc(CCc3ccc(C(F)(F)F)cc3)cc2)c2ccc(C)c(C)c2)cc1. The lowest BCUT2D eigenvalue weighted by molar-refractivity contribution is -0.139. The molecular formula is C33H30F3NO2. The molecule has 0 aliphatic carbocycles. The zero-order valence-corrected chi connectivity index (χ0v) is 22.0. The summed E-state index contributed by atoms with van der Waals surface area (Å²) in [6.45, 7) is 7.74. The molecule has 200 valence electrons. The van der Waals surface area contributed by atoms with Crippen LogP contribution in [0.4, 0.5) is 30.2 Å². The molecule has 6 heteroatoms. The fraction of sp³-hybridized carbons (Fsp3) is 0.182. The lowest BCUT2D eigenvalue weighted by Crippen LogP contribution is -2.10. The van der Waals surface area contributed by atoms with Gasteiger partial charge in [0.25, 0.3) is 0 Å². The molecule has 0 amide bonds. The van der Waals surface area contributed by atoms with Gasteiger partial charge in [-0.1, -0.05) is 49.0 Å². The monoisotopic (exact) mass is 529 g/mol.